The number of carbonyl (C=O) groups excluding carboxylic acids is 2. The molecule has 4 rings (SSSR count). The van der Waals surface area contributed by atoms with E-state index in [4.69, 9.17) is 4.84 Å². The van der Waals surface area contributed by atoms with Gasteiger partial charge < -0.3 is 15.5 Å². The number of aromatic nitrogens is 2. The van der Waals surface area contributed by atoms with Gasteiger partial charge in [0.15, 0.2) is 0 Å². The lowest BCUT2D eigenvalue weighted by Crippen LogP contribution is -2.43. The van der Waals surface area contributed by atoms with Crippen LogP contribution in [0.1, 0.15) is 36.2 Å². The Labute approximate surface area is 200 Å². The van der Waals surface area contributed by atoms with Crippen molar-refractivity contribution in [2.75, 3.05) is 5.32 Å². The predicted octanol–water partition coefficient (Wildman–Crippen LogP) is 4.41. The highest BCUT2D eigenvalue weighted by Gasteiger charge is 2.43. The molecular weight excluding hydrogens is 519 g/mol. The number of nitrogens with one attached hydrogen (secondary N) is 2. The maximum Gasteiger partial charge on any atom is 0.417 e. The zero-order chi connectivity index (χ0) is 24.7. The molecule has 0 radical (unpaired) electrons. The van der Waals surface area contributed by atoms with Crippen LogP contribution in [0.15, 0.2) is 58.4 Å². The number of rotatable bonds is 5. The summed E-state index contributed by atoms with van der Waals surface area (Å²) in [4.78, 5) is 30.9. The van der Waals surface area contributed by atoms with Crippen LogP contribution in [0.3, 0.4) is 0 Å². The first kappa shape index (κ1) is 23.7. The topological polar surface area (TPSA) is 97.1 Å². The number of oxime groups is 1. The second-order valence-corrected chi connectivity index (χ2v) is 8.87. The molecule has 1 aliphatic rings. The molecule has 0 aliphatic carbocycles. The fraction of sp³-hybridized carbons (Fsp3) is 0.273. The zero-order valence-corrected chi connectivity index (χ0v) is 19.6. The largest absolute Gasteiger partial charge is 0.417 e. The van der Waals surface area contributed by atoms with E-state index >= 15 is 0 Å². The lowest BCUT2D eigenvalue weighted by molar-refractivity contribution is -0.138. The normalized spacial score (nSPS) is 18.8. The molecule has 2 N–H and O–H groups in total. The van der Waals surface area contributed by atoms with Crippen molar-refractivity contribution in [3.05, 3.63) is 64.4 Å². The van der Waals surface area contributed by atoms with Crippen molar-refractivity contribution >= 4 is 44.7 Å². The van der Waals surface area contributed by atoms with Gasteiger partial charge in [0.05, 0.1) is 34.6 Å². The van der Waals surface area contributed by atoms with E-state index < -0.39 is 29.3 Å². The van der Waals surface area contributed by atoms with Crippen LogP contribution in [0.25, 0.3) is 5.52 Å². The first-order valence-corrected chi connectivity index (χ1v) is 10.9. The molecule has 0 spiro atoms. The van der Waals surface area contributed by atoms with Gasteiger partial charge in [-0.2, -0.15) is 18.3 Å². The standard InChI is InChI=1S/C22H19BrF3N5O3/c1-12(28-19(32)14-11-27-31-8-4-3-5-18(14)31)17-10-21(2,34-30-17)20(33)29-13-6-7-16(23)15(9-13)22(24,25)26/h3-9,11-12H,10H2,1-2H3,(H,28,32)(H,29,33)/t12-,21?/m1/s1. The lowest BCUT2D eigenvalue weighted by Gasteiger charge is -2.21. The van der Waals surface area contributed by atoms with Gasteiger partial charge in [0, 0.05) is 22.8 Å². The molecule has 0 saturated carbocycles. The molecule has 0 bridgehead atoms. The summed E-state index contributed by atoms with van der Waals surface area (Å²) in [6.07, 6.45) is -1.37. The average molecular weight is 538 g/mol. The number of alkyl halides is 3. The smallest absolute Gasteiger partial charge is 0.379 e. The summed E-state index contributed by atoms with van der Waals surface area (Å²) in [5.41, 5.74) is -0.979. The third-order valence-corrected chi connectivity index (χ3v) is 6.10. The molecule has 1 aliphatic heterocycles. The quantitative estimate of drug-likeness (QED) is 0.503. The molecule has 3 heterocycles. The number of amides is 2. The van der Waals surface area contributed by atoms with Crippen molar-refractivity contribution < 1.29 is 27.6 Å². The Bertz CT molecular complexity index is 1310. The molecule has 8 nitrogen and oxygen atoms in total. The van der Waals surface area contributed by atoms with Gasteiger partial charge in [-0.25, -0.2) is 4.52 Å². The Balaban J connectivity index is 1.41. The van der Waals surface area contributed by atoms with Crippen LogP contribution >= 0.6 is 15.9 Å². The van der Waals surface area contributed by atoms with Crippen LogP contribution in [0.2, 0.25) is 0 Å². The van der Waals surface area contributed by atoms with E-state index in [0.717, 1.165) is 6.07 Å². The Kier molecular flexibility index (Phi) is 6.11. The van der Waals surface area contributed by atoms with E-state index in [-0.39, 0.29) is 22.5 Å². The Morgan fingerprint density at radius 2 is 2.03 bits per heavy atom. The van der Waals surface area contributed by atoms with Gasteiger partial charge in [0.1, 0.15) is 0 Å². The molecule has 1 aromatic carbocycles. The van der Waals surface area contributed by atoms with Gasteiger partial charge in [0.25, 0.3) is 11.8 Å². The third kappa shape index (κ3) is 4.63. The van der Waals surface area contributed by atoms with Crippen molar-refractivity contribution in [3.8, 4) is 0 Å². The van der Waals surface area contributed by atoms with Crippen LogP contribution in [0.5, 0.6) is 0 Å². The number of hydrogen-bond acceptors (Lipinski definition) is 5. The van der Waals surface area contributed by atoms with E-state index in [1.807, 2.05) is 0 Å². The predicted molar refractivity (Wildman–Crippen MR) is 121 cm³/mol. The van der Waals surface area contributed by atoms with Crippen LogP contribution in [0.4, 0.5) is 18.9 Å². The van der Waals surface area contributed by atoms with Crippen LogP contribution in [0, 0.1) is 0 Å². The molecule has 2 aromatic heterocycles. The van der Waals surface area contributed by atoms with Crippen molar-refractivity contribution in [1.29, 1.82) is 0 Å². The Morgan fingerprint density at radius 1 is 1.26 bits per heavy atom. The number of anilines is 1. The van der Waals surface area contributed by atoms with Gasteiger partial charge in [-0.05, 0) is 44.2 Å². The van der Waals surface area contributed by atoms with E-state index in [1.165, 1.54) is 25.3 Å². The van der Waals surface area contributed by atoms with Crippen molar-refractivity contribution in [2.24, 2.45) is 5.16 Å². The molecule has 3 aromatic rings. The number of hydrogen-bond donors (Lipinski definition) is 2. The summed E-state index contributed by atoms with van der Waals surface area (Å²) in [5, 5.41) is 13.3. The van der Waals surface area contributed by atoms with Crippen LogP contribution < -0.4 is 10.6 Å². The number of halogens is 4. The summed E-state index contributed by atoms with van der Waals surface area (Å²) in [6, 6.07) is 8.16. The molecule has 2 atom stereocenters. The molecule has 12 heteroatoms. The highest BCUT2D eigenvalue weighted by Crippen LogP contribution is 2.37. The second-order valence-electron chi connectivity index (χ2n) is 8.01. The van der Waals surface area contributed by atoms with E-state index in [2.05, 4.69) is 36.8 Å². The molecule has 1 unspecified atom stereocenters. The summed E-state index contributed by atoms with van der Waals surface area (Å²) < 4.78 is 40.9. The van der Waals surface area contributed by atoms with Crippen molar-refractivity contribution in [3.63, 3.8) is 0 Å². The van der Waals surface area contributed by atoms with Crippen LogP contribution in [-0.2, 0) is 15.8 Å². The minimum Gasteiger partial charge on any atom is -0.379 e. The SMILES string of the molecule is C[C@@H](NC(=O)c1cnn2ccccc12)C1=NOC(C)(C(=O)Nc2ccc(Br)c(C(F)(F)F)c2)C1. The average Bonchev–Trinajstić information content (AvgIpc) is 3.39. The second kappa shape index (κ2) is 8.75. The molecule has 0 saturated heterocycles. The first-order valence-electron chi connectivity index (χ1n) is 10.1. The Morgan fingerprint density at radius 3 is 2.76 bits per heavy atom. The number of pyridine rings is 1. The lowest BCUT2D eigenvalue weighted by atomic mass is 9.95. The first-order chi connectivity index (χ1) is 16.0. The molecule has 2 amide bonds. The monoisotopic (exact) mass is 537 g/mol. The molecular formula is C22H19BrF3N5O3. The zero-order valence-electron chi connectivity index (χ0n) is 18.0. The highest BCUT2D eigenvalue weighted by molar-refractivity contribution is 9.10. The van der Waals surface area contributed by atoms with Crippen molar-refractivity contribution in [2.45, 2.75) is 38.1 Å². The van der Waals surface area contributed by atoms with Gasteiger partial charge in [-0.3, -0.25) is 9.59 Å². The maximum absolute atomic E-state index is 13.1. The number of fused-ring (bicyclic) bond motifs is 1. The summed E-state index contributed by atoms with van der Waals surface area (Å²) in [5.74, 6) is -1.04. The number of carbonyl (C=O) groups is 2. The third-order valence-electron chi connectivity index (χ3n) is 5.41. The fourth-order valence-corrected chi connectivity index (χ4v) is 3.95. The van der Waals surface area contributed by atoms with Gasteiger partial charge in [-0.1, -0.05) is 27.2 Å². The number of benzene rings is 1. The molecule has 34 heavy (non-hydrogen) atoms. The maximum atomic E-state index is 13.1. The van der Waals surface area contributed by atoms with E-state index in [1.54, 1.807) is 35.8 Å². The van der Waals surface area contributed by atoms with E-state index in [0.29, 0.717) is 16.8 Å². The summed E-state index contributed by atoms with van der Waals surface area (Å²) >= 11 is 2.86. The van der Waals surface area contributed by atoms with Crippen molar-refractivity contribution in [1.82, 2.24) is 14.9 Å². The highest BCUT2D eigenvalue weighted by atomic mass is 79.9. The minimum absolute atomic E-state index is 0.0340. The fourth-order valence-electron chi connectivity index (χ4n) is 3.47. The van der Waals surface area contributed by atoms with Crippen LogP contribution in [-0.4, -0.2) is 38.8 Å². The summed E-state index contributed by atoms with van der Waals surface area (Å²) in [6.45, 7) is 3.17. The minimum atomic E-state index is -4.59. The van der Waals surface area contributed by atoms with Gasteiger partial charge in [-0.15, -0.1) is 0 Å². The van der Waals surface area contributed by atoms with Gasteiger partial charge >= 0.3 is 6.18 Å². The van der Waals surface area contributed by atoms with Gasteiger partial charge in [0.2, 0.25) is 5.60 Å². The Hall–Kier alpha value is -3.41. The van der Waals surface area contributed by atoms with E-state index in [9.17, 15) is 22.8 Å². The number of nitrogens with zero attached hydrogens (tertiary/aromatic N) is 3. The molecule has 0 fully saturated rings. The molecule has 178 valence electrons. The summed E-state index contributed by atoms with van der Waals surface area (Å²) in [7, 11) is 0.